The zero-order valence-electron chi connectivity index (χ0n) is 15.2. The Balaban J connectivity index is 1.55. The summed E-state index contributed by atoms with van der Waals surface area (Å²) >= 11 is 7.19. The molecule has 5 nitrogen and oxygen atoms in total. The highest BCUT2D eigenvalue weighted by Crippen LogP contribution is 2.22. The predicted molar refractivity (Wildman–Crippen MR) is 112 cm³/mol. The molecular formula is C21H17ClN4OS. The van der Waals surface area contributed by atoms with Gasteiger partial charge in [-0.25, -0.2) is 0 Å². The minimum Gasteiger partial charge on any atom is -0.293 e. The van der Waals surface area contributed by atoms with E-state index in [4.69, 9.17) is 11.6 Å². The smallest absolute Gasteiger partial charge is 0.212 e. The molecule has 4 rings (SSSR count). The molecule has 7 heteroatoms. The van der Waals surface area contributed by atoms with Gasteiger partial charge in [0, 0.05) is 16.1 Å². The maximum atomic E-state index is 12.4. The quantitative estimate of drug-likeness (QED) is 0.332. The summed E-state index contributed by atoms with van der Waals surface area (Å²) in [4.78, 5) is 12.4. The lowest BCUT2D eigenvalue weighted by Crippen LogP contribution is -2.03. The molecular weight excluding hydrogens is 392 g/mol. The number of Topliss-reactive ketones (excluding diaryl/α,β-unsaturated/α-hetero) is 1. The van der Waals surface area contributed by atoms with Gasteiger partial charge >= 0.3 is 0 Å². The Morgan fingerprint density at radius 3 is 2.46 bits per heavy atom. The van der Waals surface area contributed by atoms with Gasteiger partial charge in [-0.1, -0.05) is 54.6 Å². The highest BCUT2D eigenvalue weighted by molar-refractivity contribution is 7.99. The van der Waals surface area contributed by atoms with Gasteiger partial charge in [0.2, 0.25) is 5.16 Å². The van der Waals surface area contributed by atoms with E-state index in [2.05, 4.69) is 46.5 Å². The van der Waals surface area contributed by atoms with Crippen molar-refractivity contribution in [2.24, 2.45) is 0 Å². The molecule has 0 spiro atoms. The molecule has 28 heavy (non-hydrogen) atoms. The molecule has 0 fully saturated rings. The second kappa shape index (κ2) is 8.12. The highest BCUT2D eigenvalue weighted by Gasteiger charge is 2.13. The maximum absolute atomic E-state index is 12.4. The molecule has 0 aliphatic heterocycles. The van der Waals surface area contributed by atoms with Gasteiger partial charge in [0.25, 0.3) is 0 Å². The Labute approximate surface area is 171 Å². The van der Waals surface area contributed by atoms with Crippen LogP contribution in [0.3, 0.4) is 0 Å². The zero-order chi connectivity index (χ0) is 19.5. The second-order valence-electron chi connectivity index (χ2n) is 6.24. The third kappa shape index (κ3) is 3.93. The summed E-state index contributed by atoms with van der Waals surface area (Å²) in [5.41, 5.74) is 4.42. The van der Waals surface area contributed by atoms with Crippen LogP contribution in [0.1, 0.15) is 22.8 Å². The third-order valence-corrected chi connectivity index (χ3v) is 5.56. The van der Waals surface area contributed by atoms with Crippen molar-refractivity contribution in [2.75, 3.05) is 5.75 Å². The summed E-state index contributed by atoms with van der Waals surface area (Å²) in [6, 6.07) is 19.0. The fourth-order valence-electron chi connectivity index (χ4n) is 2.77. The van der Waals surface area contributed by atoms with Crippen molar-refractivity contribution in [1.82, 2.24) is 19.8 Å². The summed E-state index contributed by atoms with van der Waals surface area (Å²) in [5, 5.41) is 14.2. The number of nitrogens with zero attached hydrogens (tertiary/aromatic N) is 4. The Hall–Kier alpha value is -2.70. The molecule has 0 unspecified atom stereocenters. The standard InChI is InChI=1S/C21H17ClN4OS/c1-2-14-3-5-15(6-4-14)18-11-12-20-23-24-21(26(20)25-18)28-13-19(27)16-7-9-17(22)10-8-16/h3-12H,2,13H2,1H3. The van der Waals surface area contributed by atoms with Crippen molar-refractivity contribution in [3.8, 4) is 11.3 Å². The van der Waals surface area contributed by atoms with Crippen LogP contribution in [-0.2, 0) is 6.42 Å². The number of halogens is 1. The molecule has 4 aromatic rings. The lowest BCUT2D eigenvalue weighted by Gasteiger charge is -2.04. The zero-order valence-corrected chi connectivity index (χ0v) is 16.7. The minimum atomic E-state index is 0.00438. The van der Waals surface area contributed by atoms with E-state index in [1.54, 1.807) is 28.8 Å². The fraction of sp³-hybridized carbons (Fsp3) is 0.143. The summed E-state index contributed by atoms with van der Waals surface area (Å²) in [6.45, 7) is 2.13. The van der Waals surface area contributed by atoms with E-state index >= 15 is 0 Å². The van der Waals surface area contributed by atoms with Gasteiger partial charge in [0.05, 0.1) is 11.4 Å². The Kier molecular flexibility index (Phi) is 5.41. The first-order chi connectivity index (χ1) is 13.6. The second-order valence-corrected chi connectivity index (χ2v) is 7.62. The molecule has 140 valence electrons. The number of fused-ring (bicyclic) bond motifs is 1. The van der Waals surface area contributed by atoms with E-state index in [0.717, 1.165) is 17.7 Å². The van der Waals surface area contributed by atoms with Crippen molar-refractivity contribution in [1.29, 1.82) is 0 Å². The fourth-order valence-corrected chi connectivity index (χ4v) is 3.68. The first kappa shape index (κ1) is 18.7. The number of thioether (sulfide) groups is 1. The molecule has 0 saturated heterocycles. The van der Waals surface area contributed by atoms with E-state index in [0.29, 0.717) is 21.4 Å². The predicted octanol–water partition coefficient (Wildman–Crippen LogP) is 4.98. The summed E-state index contributed by atoms with van der Waals surface area (Å²) < 4.78 is 1.68. The molecule has 2 aromatic carbocycles. The lowest BCUT2D eigenvalue weighted by atomic mass is 10.1. The average molecular weight is 409 g/mol. The van der Waals surface area contributed by atoms with E-state index < -0.39 is 0 Å². The van der Waals surface area contributed by atoms with Crippen molar-refractivity contribution in [2.45, 2.75) is 18.5 Å². The molecule has 0 amide bonds. The van der Waals surface area contributed by atoms with Crippen molar-refractivity contribution >= 4 is 34.8 Å². The SMILES string of the molecule is CCc1ccc(-c2ccc3nnc(SCC(=O)c4ccc(Cl)cc4)n3n2)cc1. The monoisotopic (exact) mass is 408 g/mol. The van der Waals surface area contributed by atoms with Gasteiger partial charge in [-0.15, -0.1) is 10.2 Å². The van der Waals surface area contributed by atoms with Crippen molar-refractivity contribution in [3.63, 3.8) is 0 Å². The third-order valence-electron chi connectivity index (χ3n) is 4.39. The number of aryl methyl sites for hydroxylation is 1. The van der Waals surface area contributed by atoms with Gasteiger partial charge < -0.3 is 0 Å². The van der Waals surface area contributed by atoms with Crippen LogP contribution in [0.4, 0.5) is 0 Å². The molecule has 2 heterocycles. The van der Waals surface area contributed by atoms with Crippen LogP contribution in [0.15, 0.2) is 65.8 Å². The van der Waals surface area contributed by atoms with Crippen LogP contribution < -0.4 is 0 Å². The minimum absolute atomic E-state index is 0.00438. The van der Waals surface area contributed by atoms with Crippen LogP contribution >= 0.6 is 23.4 Å². The summed E-state index contributed by atoms with van der Waals surface area (Å²) in [7, 11) is 0. The van der Waals surface area contributed by atoms with Gasteiger partial charge in [-0.2, -0.15) is 9.61 Å². The van der Waals surface area contributed by atoms with E-state index in [-0.39, 0.29) is 11.5 Å². The molecule has 0 N–H and O–H groups in total. The maximum Gasteiger partial charge on any atom is 0.212 e. The highest BCUT2D eigenvalue weighted by atomic mass is 35.5. The normalized spacial score (nSPS) is 11.1. The first-order valence-electron chi connectivity index (χ1n) is 8.87. The molecule has 0 radical (unpaired) electrons. The topological polar surface area (TPSA) is 60.2 Å². The van der Waals surface area contributed by atoms with Gasteiger partial charge in [-0.3, -0.25) is 4.79 Å². The molecule has 2 aromatic heterocycles. The van der Waals surface area contributed by atoms with Crippen molar-refractivity contribution in [3.05, 3.63) is 76.8 Å². The molecule has 0 atom stereocenters. The number of ketones is 1. The lowest BCUT2D eigenvalue weighted by molar-refractivity contribution is 0.102. The van der Waals surface area contributed by atoms with E-state index in [1.807, 2.05) is 12.1 Å². The largest absolute Gasteiger partial charge is 0.293 e. The van der Waals surface area contributed by atoms with Gasteiger partial charge in [0.15, 0.2) is 11.4 Å². The number of rotatable bonds is 6. The van der Waals surface area contributed by atoms with E-state index in [9.17, 15) is 4.79 Å². The Morgan fingerprint density at radius 2 is 1.75 bits per heavy atom. The number of aromatic nitrogens is 4. The Bertz CT molecular complexity index is 1120. The number of carbonyl (C=O) groups excluding carboxylic acids is 1. The molecule has 0 bridgehead atoms. The summed E-state index contributed by atoms with van der Waals surface area (Å²) in [5.74, 6) is 0.254. The molecule has 0 aliphatic rings. The number of hydrogen-bond donors (Lipinski definition) is 0. The molecule has 0 aliphatic carbocycles. The first-order valence-corrected chi connectivity index (χ1v) is 10.2. The average Bonchev–Trinajstić information content (AvgIpc) is 3.15. The van der Waals surface area contributed by atoms with Crippen molar-refractivity contribution < 1.29 is 4.79 Å². The van der Waals surface area contributed by atoms with Crippen LogP contribution in [-0.4, -0.2) is 31.3 Å². The Morgan fingerprint density at radius 1 is 1.00 bits per heavy atom. The number of carbonyl (C=O) groups is 1. The van der Waals surface area contributed by atoms with Gasteiger partial charge in [-0.05, 0) is 48.4 Å². The van der Waals surface area contributed by atoms with Crippen LogP contribution in [0, 0.1) is 0 Å². The van der Waals surface area contributed by atoms with Crippen LogP contribution in [0.5, 0.6) is 0 Å². The summed E-state index contributed by atoms with van der Waals surface area (Å²) in [6.07, 6.45) is 1.00. The molecule has 0 saturated carbocycles. The van der Waals surface area contributed by atoms with Gasteiger partial charge in [0.1, 0.15) is 0 Å². The van der Waals surface area contributed by atoms with Crippen LogP contribution in [0.2, 0.25) is 5.02 Å². The number of hydrogen-bond acceptors (Lipinski definition) is 5. The van der Waals surface area contributed by atoms with E-state index in [1.165, 1.54) is 17.3 Å². The van der Waals surface area contributed by atoms with Crippen LogP contribution in [0.25, 0.3) is 16.9 Å². The number of benzene rings is 2.